The van der Waals surface area contributed by atoms with Crippen LogP contribution in [0.5, 0.6) is 5.75 Å². The number of carboxylic acids is 1. The van der Waals surface area contributed by atoms with E-state index in [1.807, 2.05) is 24.3 Å². The fourth-order valence-electron chi connectivity index (χ4n) is 4.20. The molecule has 178 valence electrons. The second-order valence-electron chi connectivity index (χ2n) is 8.28. The highest BCUT2D eigenvalue weighted by atomic mass is 19.1. The van der Waals surface area contributed by atoms with Crippen LogP contribution >= 0.6 is 0 Å². The number of benzene rings is 2. The van der Waals surface area contributed by atoms with Crippen molar-refractivity contribution in [3.05, 3.63) is 59.7 Å². The van der Waals surface area contributed by atoms with Crippen molar-refractivity contribution >= 4 is 29.3 Å². The monoisotopic (exact) mass is 468 g/mol. The number of anilines is 3. The van der Waals surface area contributed by atoms with Crippen LogP contribution in [0.15, 0.2) is 46.9 Å². The van der Waals surface area contributed by atoms with E-state index in [9.17, 15) is 14.0 Å². The number of rotatable bonds is 8. The van der Waals surface area contributed by atoms with Gasteiger partial charge in [-0.15, -0.1) is 5.10 Å². The van der Waals surface area contributed by atoms with E-state index in [1.165, 1.54) is 24.8 Å². The van der Waals surface area contributed by atoms with E-state index in [4.69, 9.17) is 14.3 Å². The maximum Gasteiger partial charge on any atom is 0.320 e. The van der Waals surface area contributed by atoms with Gasteiger partial charge in [0.2, 0.25) is 0 Å². The SMILES string of the molecule is COc1ccc(Nc2nnc(C(=O)Nc3ccc([C@H]4CC[C@H](CC(=O)O)CC4)cc3)o2)cc1F. The molecule has 9 nitrogen and oxygen atoms in total. The van der Waals surface area contributed by atoms with Crippen molar-refractivity contribution in [3.8, 4) is 5.75 Å². The van der Waals surface area contributed by atoms with Crippen molar-refractivity contribution < 1.29 is 28.2 Å². The molecule has 1 heterocycles. The molecule has 1 aliphatic rings. The number of methoxy groups -OCH3 is 1. The number of carbonyl (C=O) groups excluding carboxylic acids is 1. The van der Waals surface area contributed by atoms with Gasteiger partial charge in [0.1, 0.15) is 0 Å². The molecule has 34 heavy (non-hydrogen) atoms. The molecule has 4 rings (SSSR count). The second kappa shape index (κ2) is 10.3. The summed E-state index contributed by atoms with van der Waals surface area (Å²) < 4.78 is 24.0. The normalized spacial score (nSPS) is 17.7. The van der Waals surface area contributed by atoms with Crippen LogP contribution in [0.3, 0.4) is 0 Å². The molecule has 0 radical (unpaired) electrons. The fourth-order valence-corrected chi connectivity index (χ4v) is 4.20. The first-order chi connectivity index (χ1) is 16.4. The van der Waals surface area contributed by atoms with Crippen LogP contribution in [0.2, 0.25) is 0 Å². The molecule has 1 amide bonds. The quantitative estimate of drug-likeness (QED) is 0.423. The van der Waals surface area contributed by atoms with Crippen LogP contribution in [0.4, 0.5) is 21.8 Å². The van der Waals surface area contributed by atoms with Gasteiger partial charge >= 0.3 is 23.8 Å². The van der Waals surface area contributed by atoms with Crippen molar-refractivity contribution in [2.75, 3.05) is 17.7 Å². The first kappa shape index (κ1) is 23.2. The number of carboxylic acid groups (broad SMARTS) is 1. The summed E-state index contributed by atoms with van der Waals surface area (Å²) in [4.78, 5) is 23.4. The van der Waals surface area contributed by atoms with Gasteiger partial charge in [0, 0.05) is 23.9 Å². The Balaban J connectivity index is 1.31. The number of hydrogen-bond donors (Lipinski definition) is 3. The van der Waals surface area contributed by atoms with E-state index < -0.39 is 17.7 Å². The van der Waals surface area contributed by atoms with Gasteiger partial charge < -0.3 is 24.9 Å². The molecule has 1 aromatic heterocycles. The van der Waals surface area contributed by atoms with Crippen LogP contribution in [0.25, 0.3) is 0 Å². The highest BCUT2D eigenvalue weighted by Crippen LogP contribution is 2.37. The van der Waals surface area contributed by atoms with Crippen molar-refractivity contribution in [1.82, 2.24) is 10.2 Å². The molecular formula is C24H25FN4O5. The number of aliphatic carboxylic acids is 1. The van der Waals surface area contributed by atoms with Gasteiger partial charge in [-0.25, -0.2) is 4.39 Å². The zero-order valence-electron chi connectivity index (χ0n) is 18.6. The lowest BCUT2D eigenvalue weighted by molar-refractivity contribution is -0.138. The summed E-state index contributed by atoms with van der Waals surface area (Å²) in [6.07, 6.45) is 3.97. The average molecular weight is 468 g/mol. The van der Waals surface area contributed by atoms with Gasteiger partial charge in [-0.05, 0) is 67.3 Å². The molecule has 0 unspecified atom stereocenters. The molecule has 3 N–H and O–H groups in total. The number of halogens is 1. The van der Waals surface area contributed by atoms with Crippen molar-refractivity contribution in [2.24, 2.45) is 5.92 Å². The van der Waals surface area contributed by atoms with Crippen LogP contribution < -0.4 is 15.4 Å². The molecule has 1 aliphatic carbocycles. The van der Waals surface area contributed by atoms with Gasteiger partial charge in [0.15, 0.2) is 11.6 Å². The number of carbonyl (C=O) groups is 2. The third kappa shape index (κ3) is 5.69. The predicted molar refractivity (Wildman–Crippen MR) is 122 cm³/mol. The molecule has 3 aromatic rings. The third-order valence-electron chi connectivity index (χ3n) is 5.97. The second-order valence-corrected chi connectivity index (χ2v) is 8.28. The van der Waals surface area contributed by atoms with Crippen LogP contribution in [0.1, 0.15) is 54.3 Å². The third-order valence-corrected chi connectivity index (χ3v) is 5.97. The Labute approximate surface area is 195 Å². The van der Waals surface area contributed by atoms with Crippen LogP contribution in [-0.2, 0) is 4.79 Å². The average Bonchev–Trinajstić information content (AvgIpc) is 3.29. The van der Waals surface area contributed by atoms with Crippen molar-refractivity contribution in [1.29, 1.82) is 0 Å². The lowest BCUT2D eigenvalue weighted by Gasteiger charge is -2.28. The first-order valence-electron chi connectivity index (χ1n) is 11.0. The summed E-state index contributed by atoms with van der Waals surface area (Å²) in [6.45, 7) is 0. The van der Waals surface area contributed by atoms with E-state index in [0.717, 1.165) is 25.7 Å². The van der Waals surface area contributed by atoms with E-state index >= 15 is 0 Å². The minimum Gasteiger partial charge on any atom is -0.494 e. The fraction of sp³-hybridized carbons (Fsp3) is 0.333. The largest absolute Gasteiger partial charge is 0.494 e. The standard InChI is InChI=1S/C24H25FN4O5/c1-33-20-11-10-18(13-19(20)25)27-24-29-28-23(34-24)22(32)26-17-8-6-16(7-9-17)15-4-2-14(3-5-15)12-21(30)31/h6-11,13-15H,2-5,12H2,1H3,(H,26,32)(H,27,29)(H,30,31)/t14-,15-. The number of hydrogen-bond acceptors (Lipinski definition) is 7. The Morgan fingerprint density at radius 2 is 1.79 bits per heavy atom. The number of amides is 1. The Bertz CT molecular complexity index is 1160. The number of aromatic nitrogens is 2. The molecule has 2 aromatic carbocycles. The van der Waals surface area contributed by atoms with Gasteiger partial charge in [-0.3, -0.25) is 9.59 Å². The summed E-state index contributed by atoms with van der Waals surface area (Å²) in [6, 6.07) is 11.7. The lowest BCUT2D eigenvalue weighted by Crippen LogP contribution is -2.16. The van der Waals surface area contributed by atoms with Crippen molar-refractivity contribution in [3.63, 3.8) is 0 Å². The Morgan fingerprint density at radius 3 is 2.44 bits per heavy atom. The molecule has 0 spiro atoms. The van der Waals surface area contributed by atoms with Gasteiger partial charge in [-0.2, -0.15) is 0 Å². The summed E-state index contributed by atoms with van der Waals surface area (Å²) in [5, 5.41) is 21.9. The minimum atomic E-state index is -0.734. The first-order valence-corrected chi connectivity index (χ1v) is 11.0. The van der Waals surface area contributed by atoms with Gasteiger partial charge in [0.05, 0.1) is 7.11 Å². The highest BCUT2D eigenvalue weighted by molar-refractivity contribution is 6.00. The molecule has 0 bridgehead atoms. The smallest absolute Gasteiger partial charge is 0.320 e. The summed E-state index contributed by atoms with van der Waals surface area (Å²) in [5.41, 5.74) is 2.11. The molecule has 0 saturated heterocycles. The molecule has 10 heteroatoms. The van der Waals surface area contributed by atoms with E-state index in [-0.39, 0.29) is 30.0 Å². The molecule has 0 atom stereocenters. The van der Waals surface area contributed by atoms with E-state index in [1.54, 1.807) is 6.07 Å². The highest BCUT2D eigenvalue weighted by Gasteiger charge is 2.24. The maximum atomic E-state index is 13.8. The van der Waals surface area contributed by atoms with E-state index in [2.05, 4.69) is 20.8 Å². The maximum absolute atomic E-state index is 13.8. The minimum absolute atomic E-state index is 0.0523. The molecule has 1 fully saturated rings. The van der Waals surface area contributed by atoms with Gasteiger partial charge in [-0.1, -0.05) is 17.2 Å². The predicted octanol–water partition coefficient (Wildman–Crippen LogP) is 4.96. The number of nitrogens with one attached hydrogen (secondary N) is 2. The molecule has 0 aliphatic heterocycles. The molecular weight excluding hydrogens is 443 g/mol. The zero-order valence-corrected chi connectivity index (χ0v) is 18.6. The van der Waals surface area contributed by atoms with Crippen LogP contribution in [-0.4, -0.2) is 34.3 Å². The lowest BCUT2D eigenvalue weighted by atomic mass is 9.77. The topological polar surface area (TPSA) is 127 Å². The summed E-state index contributed by atoms with van der Waals surface area (Å²) in [7, 11) is 1.37. The van der Waals surface area contributed by atoms with E-state index in [0.29, 0.717) is 17.3 Å². The Morgan fingerprint density at radius 1 is 1.09 bits per heavy atom. The zero-order chi connectivity index (χ0) is 24.1. The number of nitrogens with zero attached hydrogens (tertiary/aromatic N) is 2. The molecule has 1 saturated carbocycles. The number of ether oxygens (including phenoxy) is 1. The van der Waals surface area contributed by atoms with Crippen molar-refractivity contribution in [2.45, 2.75) is 38.0 Å². The van der Waals surface area contributed by atoms with Gasteiger partial charge in [0.25, 0.3) is 0 Å². The Kier molecular flexibility index (Phi) is 7.05. The summed E-state index contributed by atoms with van der Waals surface area (Å²) >= 11 is 0. The Hall–Kier alpha value is -3.95. The summed E-state index contributed by atoms with van der Waals surface area (Å²) in [5.74, 6) is -1.34. The van der Waals surface area contributed by atoms with Crippen LogP contribution in [0, 0.1) is 11.7 Å².